The van der Waals surface area contributed by atoms with Gasteiger partial charge in [-0.25, -0.2) is 0 Å². The van der Waals surface area contributed by atoms with Crippen LogP contribution in [-0.4, -0.2) is 54.6 Å². The Labute approximate surface area is 116 Å². The molecule has 2 atom stereocenters. The summed E-state index contributed by atoms with van der Waals surface area (Å²) in [5.41, 5.74) is 5.48. The molecule has 1 aliphatic rings. The zero-order chi connectivity index (χ0) is 14.9. The second-order valence-corrected chi connectivity index (χ2v) is 5.30. The van der Waals surface area contributed by atoms with Crippen LogP contribution in [0.5, 0.6) is 0 Å². The SMILES string of the molecule is CN1CCN(C)C(C(N)c2cnccc2C(F)(F)F)C1. The van der Waals surface area contributed by atoms with Gasteiger partial charge in [0, 0.05) is 49.7 Å². The van der Waals surface area contributed by atoms with Crippen molar-refractivity contribution in [3.63, 3.8) is 0 Å². The van der Waals surface area contributed by atoms with Gasteiger partial charge in [0.15, 0.2) is 0 Å². The third-order valence-corrected chi connectivity index (χ3v) is 3.83. The maximum atomic E-state index is 13.0. The molecule has 0 spiro atoms. The van der Waals surface area contributed by atoms with E-state index in [4.69, 9.17) is 5.73 Å². The number of aromatic nitrogens is 1. The molecule has 0 radical (unpaired) electrons. The number of nitrogens with two attached hydrogens (primary N) is 1. The molecule has 2 rings (SSSR count). The number of hydrogen-bond donors (Lipinski definition) is 1. The number of hydrogen-bond acceptors (Lipinski definition) is 4. The highest BCUT2D eigenvalue weighted by Gasteiger charge is 2.37. The molecule has 0 bridgehead atoms. The molecule has 1 saturated heterocycles. The molecule has 1 aliphatic heterocycles. The standard InChI is InChI=1S/C13H19F3N4/c1-19-5-6-20(2)11(8-19)12(17)9-7-18-4-3-10(9)13(14,15)16/h3-4,7,11-12H,5-6,8,17H2,1-2H3. The molecule has 7 heteroatoms. The van der Waals surface area contributed by atoms with Crippen molar-refractivity contribution in [1.82, 2.24) is 14.8 Å². The highest BCUT2D eigenvalue weighted by molar-refractivity contribution is 5.30. The number of pyridine rings is 1. The summed E-state index contributed by atoms with van der Waals surface area (Å²) in [6.45, 7) is 2.32. The number of piperazine rings is 1. The Balaban J connectivity index is 2.31. The van der Waals surface area contributed by atoms with E-state index in [-0.39, 0.29) is 11.6 Å². The van der Waals surface area contributed by atoms with Crippen molar-refractivity contribution in [3.05, 3.63) is 29.6 Å². The molecule has 1 fully saturated rings. The molecule has 1 aromatic heterocycles. The lowest BCUT2D eigenvalue weighted by Crippen LogP contribution is -2.54. The number of nitrogens with zero attached hydrogens (tertiary/aromatic N) is 3. The monoisotopic (exact) mass is 288 g/mol. The lowest BCUT2D eigenvalue weighted by molar-refractivity contribution is -0.138. The molecule has 112 valence electrons. The van der Waals surface area contributed by atoms with E-state index in [2.05, 4.69) is 9.88 Å². The minimum absolute atomic E-state index is 0.0622. The molecular formula is C13H19F3N4. The van der Waals surface area contributed by atoms with Crippen LogP contribution in [0.2, 0.25) is 0 Å². The van der Waals surface area contributed by atoms with Crippen molar-refractivity contribution in [1.29, 1.82) is 0 Å². The fourth-order valence-corrected chi connectivity index (χ4v) is 2.57. The summed E-state index contributed by atoms with van der Waals surface area (Å²) in [5.74, 6) is 0. The second-order valence-electron chi connectivity index (χ2n) is 5.30. The van der Waals surface area contributed by atoms with E-state index in [0.717, 1.165) is 25.4 Å². The van der Waals surface area contributed by atoms with Crippen LogP contribution in [0.4, 0.5) is 13.2 Å². The second kappa shape index (κ2) is 5.67. The highest BCUT2D eigenvalue weighted by Crippen LogP contribution is 2.35. The van der Waals surface area contributed by atoms with E-state index < -0.39 is 17.8 Å². The zero-order valence-electron chi connectivity index (χ0n) is 11.6. The Hall–Kier alpha value is -1.18. The van der Waals surface area contributed by atoms with Gasteiger partial charge in [-0.15, -0.1) is 0 Å². The van der Waals surface area contributed by atoms with Gasteiger partial charge < -0.3 is 10.6 Å². The van der Waals surface area contributed by atoms with E-state index in [9.17, 15) is 13.2 Å². The van der Waals surface area contributed by atoms with Crippen molar-refractivity contribution < 1.29 is 13.2 Å². The number of halogens is 3. The number of alkyl halides is 3. The fourth-order valence-electron chi connectivity index (χ4n) is 2.57. The Morgan fingerprint density at radius 3 is 2.70 bits per heavy atom. The smallest absolute Gasteiger partial charge is 0.323 e. The molecule has 20 heavy (non-hydrogen) atoms. The predicted molar refractivity (Wildman–Crippen MR) is 70.1 cm³/mol. The first-order valence-corrected chi connectivity index (χ1v) is 6.46. The summed E-state index contributed by atoms with van der Waals surface area (Å²) < 4.78 is 39.1. The van der Waals surface area contributed by atoms with Crippen LogP contribution in [-0.2, 0) is 6.18 Å². The van der Waals surface area contributed by atoms with E-state index >= 15 is 0 Å². The molecular weight excluding hydrogens is 269 g/mol. The maximum absolute atomic E-state index is 13.0. The first kappa shape index (κ1) is 15.2. The average molecular weight is 288 g/mol. The maximum Gasteiger partial charge on any atom is 0.416 e. The van der Waals surface area contributed by atoms with Crippen LogP contribution in [0.15, 0.2) is 18.5 Å². The minimum atomic E-state index is -4.41. The van der Waals surface area contributed by atoms with Crippen LogP contribution in [0, 0.1) is 0 Å². The number of likely N-dealkylation sites (N-methyl/N-ethyl adjacent to an activating group) is 2. The third kappa shape index (κ3) is 3.11. The Morgan fingerprint density at radius 2 is 2.05 bits per heavy atom. The van der Waals surface area contributed by atoms with E-state index in [0.29, 0.717) is 6.54 Å². The largest absolute Gasteiger partial charge is 0.416 e. The topological polar surface area (TPSA) is 45.4 Å². The van der Waals surface area contributed by atoms with E-state index in [1.807, 2.05) is 19.0 Å². The number of rotatable bonds is 2. The van der Waals surface area contributed by atoms with Crippen LogP contribution in [0.3, 0.4) is 0 Å². The quantitative estimate of drug-likeness (QED) is 0.892. The lowest BCUT2D eigenvalue weighted by Gasteiger charge is -2.41. The Morgan fingerprint density at radius 1 is 1.35 bits per heavy atom. The van der Waals surface area contributed by atoms with Crippen molar-refractivity contribution in [2.75, 3.05) is 33.7 Å². The van der Waals surface area contributed by atoms with Gasteiger partial charge in [-0.2, -0.15) is 13.2 Å². The summed E-state index contributed by atoms with van der Waals surface area (Å²) in [6.07, 6.45) is -2.03. The first-order chi connectivity index (χ1) is 9.30. The molecule has 2 heterocycles. The predicted octanol–water partition coefficient (Wildman–Crippen LogP) is 1.35. The van der Waals surface area contributed by atoms with Gasteiger partial charge in [-0.05, 0) is 20.2 Å². The molecule has 0 aliphatic carbocycles. The van der Waals surface area contributed by atoms with E-state index in [1.165, 1.54) is 6.20 Å². The van der Waals surface area contributed by atoms with Gasteiger partial charge in [0.1, 0.15) is 0 Å². The van der Waals surface area contributed by atoms with Gasteiger partial charge in [-0.3, -0.25) is 9.88 Å². The van der Waals surface area contributed by atoms with Gasteiger partial charge in [0.2, 0.25) is 0 Å². The Kier molecular flexibility index (Phi) is 4.31. The molecule has 2 unspecified atom stereocenters. The van der Waals surface area contributed by atoms with E-state index in [1.54, 1.807) is 0 Å². The third-order valence-electron chi connectivity index (χ3n) is 3.83. The minimum Gasteiger partial charge on any atom is -0.323 e. The van der Waals surface area contributed by atoms with Gasteiger partial charge in [0.05, 0.1) is 5.56 Å². The van der Waals surface area contributed by atoms with Gasteiger partial charge in [-0.1, -0.05) is 0 Å². The van der Waals surface area contributed by atoms with Crippen LogP contribution < -0.4 is 5.73 Å². The molecule has 4 nitrogen and oxygen atoms in total. The van der Waals surface area contributed by atoms with Crippen LogP contribution >= 0.6 is 0 Å². The van der Waals surface area contributed by atoms with Crippen molar-refractivity contribution in [2.45, 2.75) is 18.3 Å². The molecule has 0 aromatic carbocycles. The Bertz CT molecular complexity index is 463. The van der Waals surface area contributed by atoms with Crippen LogP contribution in [0.1, 0.15) is 17.2 Å². The summed E-state index contributed by atoms with van der Waals surface area (Å²) in [6, 6.07) is 0.119. The van der Waals surface area contributed by atoms with Crippen molar-refractivity contribution in [3.8, 4) is 0 Å². The molecule has 2 N–H and O–H groups in total. The zero-order valence-corrected chi connectivity index (χ0v) is 11.6. The summed E-state index contributed by atoms with van der Waals surface area (Å²) in [7, 11) is 3.84. The normalized spacial score (nSPS) is 23.8. The molecule has 0 amide bonds. The van der Waals surface area contributed by atoms with Crippen LogP contribution in [0.25, 0.3) is 0 Å². The van der Waals surface area contributed by atoms with Crippen molar-refractivity contribution >= 4 is 0 Å². The highest BCUT2D eigenvalue weighted by atomic mass is 19.4. The first-order valence-electron chi connectivity index (χ1n) is 6.46. The molecule has 1 aromatic rings. The molecule has 0 saturated carbocycles. The van der Waals surface area contributed by atoms with Crippen molar-refractivity contribution in [2.24, 2.45) is 5.73 Å². The van der Waals surface area contributed by atoms with Gasteiger partial charge >= 0.3 is 6.18 Å². The average Bonchev–Trinajstić information content (AvgIpc) is 2.40. The van der Waals surface area contributed by atoms with Gasteiger partial charge in [0.25, 0.3) is 0 Å². The fraction of sp³-hybridized carbons (Fsp3) is 0.615. The summed E-state index contributed by atoms with van der Waals surface area (Å²) in [4.78, 5) is 7.90. The lowest BCUT2D eigenvalue weighted by atomic mass is 9.94. The summed E-state index contributed by atoms with van der Waals surface area (Å²) in [5, 5.41) is 0. The summed E-state index contributed by atoms with van der Waals surface area (Å²) >= 11 is 0.